The highest BCUT2D eigenvalue weighted by molar-refractivity contribution is 5.66. The van der Waals surface area contributed by atoms with Gasteiger partial charge in [0, 0.05) is 25.0 Å². The Kier molecular flexibility index (Phi) is 2.92. The molecule has 0 radical (unpaired) electrons. The molecule has 90 valence electrons. The van der Waals surface area contributed by atoms with Gasteiger partial charge in [0.15, 0.2) is 5.82 Å². The maximum atomic E-state index is 4.33. The number of hydrogen-bond donors (Lipinski definition) is 2. The summed E-state index contributed by atoms with van der Waals surface area (Å²) in [6.07, 6.45) is 9.23. The van der Waals surface area contributed by atoms with E-state index in [4.69, 9.17) is 0 Å². The van der Waals surface area contributed by atoms with E-state index in [0.717, 1.165) is 36.9 Å². The first-order valence-corrected chi connectivity index (χ1v) is 6.19. The quantitative estimate of drug-likeness (QED) is 0.735. The van der Waals surface area contributed by atoms with Crippen LogP contribution in [0.15, 0.2) is 24.7 Å². The Morgan fingerprint density at radius 2 is 2.24 bits per heavy atom. The molecule has 2 aromatic heterocycles. The molecule has 17 heavy (non-hydrogen) atoms. The molecule has 1 saturated carbocycles. The van der Waals surface area contributed by atoms with Crippen molar-refractivity contribution < 1.29 is 0 Å². The van der Waals surface area contributed by atoms with Crippen LogP contribution in [0.1, 0.15) is 19.3 Å². The van der Waals surface area contributed by atoms with Crippen molar-refractivity contribution in [2.45, 2.75) is 25.3 Å². The topological polar surface area (TPSA) is 54.2 Å². The van der Waals surface area contributed by atoms with Gasteiger partial charge in [-0.1, -0.05) is 0 Å². The van der Waals surface area contributed by atoms with Gasteiger partial charge in [0.2, 0.25) is 0 Å². The van der Waals surface area contributed by atoms with Crippen molar-refractivity contribution in [1.82, 2.24) is 19.9 Å². The number of hydrogen-bond acceptors (Lipinski definition) is 4. The number of aromatic nitrogens is 3. The molecule has 0 atom stereocenters. The van der Waals surface area contributed by atoms with Crippen molar-refractivity contribution in [3.8, 4) is 0 Å². The highest BCUT2D eigenvalue weighted by atomic mass is 15.2. The van der Waals surface area contributed by atoms with Gasteiger partial charge in [0.05, 0.1) is 6.20 Å². The Morgan fingerprint density at radius 1 is 1.29 bits per heavy atom. The molecule has 3 rings (SSSR count). The molecule has 0 spiro atoms. The van der Waals surface area contributed by atoms with Crippen LogP contribution in [0, 0.1) is 0 Å². The summed E-state index contributed by atoms with van der Waals surface area (Å²) in [6.45, 7) is 2.03. The molecule has 2 heterocycles. The molecular formula is C12H17N5. The molecule has 1 aliphatic rings. The maximum Gasteiger partial charge on any atom is 0.152 e. The first-order chi connectivity index (χ1) is 8.43. The zero-order valence-electron chi connectivity index (χ0n) is 9.76. The molecule has 5 heteroatoms. The number of nitrogens with zero attached hydrogens (tertiary/aromatic N) is 3. The van der Waals surface area contributed by atoms with Crippen molar-refractivity contribution in [1.29, 1.82) is 0 Å². The van der Waals surface area contributed by atoms with Crippen molar-refractivity contribution >= 4 is 11.3 Å². The fraction of sp³-hybridized carbons (Fsp3) is 0.500. The summed E-state index contributed by atoms with van der Waals surface area (Å²) in [4.78, 5) is 4.33. The Labute approximate surface area is 100 Å². The largest absolute Gasteiger partial charge is 0.368 e. The van der Waals surface area contributed by atoms with Crippen molar-refractivity contribution in [3.63, 3.8) is 0 Å². The first kappa shape index (κ1) is 10.5. The Hall–Kier alpha value is -1.62. The summed E-state index contributed by atoms with van der Waals surface area (Å²) in [6, 6.07) is 2.77. The number of nitrogens with one attached hydrogen (secondary N) is 2. The Balaban J connectivity index is 1.51. The van der Waals surface area contributed by atoms with Crippen LogP contribution < -0.4 is 10.6 Å². The fourth-order valence-corrected chi connectivity index (χ4v) is 1.88. The summed E-state index contributed by atoms with van der Waals surface area (Å²) in [5.74, 6) is 0.913. The van der Waals surface area contributed by atoms with E-state index in [1.807, 2.05) is 16.8 Å². The van der Waals surface area contributed by atoms with Crippen LogP contribution in [0.3, 0.4) is 0 Å². The van der Waals surface area contributed by atoms with Crippen LogP contribution in [0.4, 0.5) is 5.82 Å². The van der Waals surface area contributed by atoms with Gasteiger partial charge in [0.25, 0.3) is 0 Å². The molecular weight excluding hydrogens is 214 g/mol. The Bertz CT molecular complexity index is 488. The van der Waals surface area contributed by atoms with Crippen LogP contribution in [0.25, 0.3) is 5.52 Å². The van der Waals surface area contributed by atoms with Crippen molar-refractivity contribution in [2.75, 3.05) is 18.4 Å². The average Bonchev–Trinajstić information content (AvgIpc) is 3.04. The summed E-state index contributed by atoms with van der Waals surface area (Å²) < 4.78 is 1.83. The van der Waals surface area contributed by atoms with E-state index in [1.54, 1.807) is 12.4 Å². The van der Waals surface area contributed by atoms with Crippen molar-refractivity contribution in [3.05, 3.63) is 24.7 Å². The third kappa shape index (κ3) is 2.55. The van der Waals surface area contributed by atoms with Gasteiger partial charge in [-0.15, -0.1) is 0 Å². The summed E-state index contributed by atoms with van der Waals surface area (Å²) in [7, 11) is 0. The van der Waals surface area contributed by atoms with Gasteiger partial charge in [0.1, 0.15) is 5.52 Å². The van der Waals surface area contributed by atoms with Crippen LogP contribution in [0.2, 0.25) is 0 Å². The van der Waals surface area contributed by atoms with Gasteiger partial charge < -0.3 is 10.6 Å². The van der Waals surface area contributed by atoms with Gasteiger partial charge in [-0.25, -0.2) is 9.50 Å². The van der Waals surface area contributed by atoms with Crippen LogP contribution in [-0.4, -0.2) is 33.7 Å². The zero-order chi connectivity index (χ0) is 11.5. The van der Waals surface area contributed by atoms with Crippen LogP contribution in [0.5, 0.6) is 0 Å². The van der Waals surface area contributed by atoms with E-state index in [9.17, 15) is 0 Å². The van der Waals surface area contributed by atoms with Gasteiger partial charge in [-0.3, -0.25) is 0 Å². The average molecular weight is 231 g/mol. The predicted molar refractivity (Wildman–Crippen MR) is 67.1 cm³/mol. The molecule has 0 aromatic carbocycles. The van der Waals surface area contributed by atoms with E-state index < -0.39 is 0 Å². The minimum absolute atomic E-state index is 0.798. The molecule has 0 unspecified atom stereocenters. The molecule has 5 nitrogen and oxygen atoms in total. The third-order valence-corrected chi connectivity index (χ3v) is 2.98. The fourth-order valence-electron chi connectivity index (χ4n) is 1.88. The molecule has 1 aliphatic carbocycles. The van der Waals surface area contributed by atoms with E-state index in [2.05, 4.69) is 20.7 Å². The summed E-state index contributed by atoms with van der Waals surface area (Å²) >= 11 is 0. The molecule has 0 saturated heterocycles. The third-order valence-electron chi connectivity index (χ3n) is 2.98. The zero-order valence-corrected chi connectivity index (χ0v) is 9.76. The molecule has 2 aromatic rings. The molecule has 2 N–H and O–H groups in total. The summed E-state index contributed by atoms with van der Waals surface area (Å²) in [5.41, 5.74) is 1.03. The lowest BCUT2D eigenvalue weighted by Gasteiger charge is -2.07. The van der Waals surface area contributed by atoms with E-state index in [1.165, 1.54) is 12.8 Å². The van der Waals surface area contributed by atoms with E-state index in [0.29, 0.717) is 0 Å². The minimum Gasteiger partial charge on any atom is -0.368 e. The van der Waals surface area contributed by atoms with Crippen molar-refractivity contribution in [2.24, 2.45) is 0 Å². The van der Waals surface area contributed by atoms with Gasteiger partial charge in [-0.05, 0) is 31.9 Å². The second-order valence-electron chi connectivity index (χ2n) is 4.45. The predicted octanol–water partition coefficient (Wildman–Crippen LogP) is 1.28. The second kappa shape index (κ2) is 4.71. The lowest BCUT2D eigenvalue weighted by molar-refractivity contribution is 0.658. The SMILES string of the molecule is c1cn2nccc2c(NCCCNC2CC2)n1. The highest BCUT2D eigenvalue weighted by Gasteiger charge is 2.19. The van der Waals surface area contributed by atoms with Crippen LogP contribution in [-0.2, 0) is 0 Å². The second-order valence-corrected chi connectivity index (χ2v) is 4.45. The molecule has 1 fully saturated rings. The van der Waals surface area contributed by atoms with Gasteiger partial charge in [-0.2, -0.15) is 5.10 Å². The smallest absolute Gasteiger partial charge is 0.152 e. The van der Waals surface area contributed by atoms with Crippen LogP contribution >= 0.6 is 0 Å². The maximum absolute atomic E-state index is 4.33. The van der Waals surface area contributed by atoms with E-state index >= 15 is 0 Å². The lowest BCUT2D eigenvalue weighted by Crippen LogP contribution is -2.20. The normalized spacial score (nSPS) is 15.3. The monoisotopic (exact) mass is 231 g/mol. The number of anilines is 1. The lowest BCUT2D eigenvalue weighted by atomic mass is 10.4. The molecule has 0 amide bonds. The Morgan fingerprint density at radius 3 is 3.12 bits per heavy atom. The summed E-state index contributed by atoms with van der Waals surface area (Å²) in [5, 5.41) is 11.0. The minimum atomic E-state index is 0.798. The highest BCUT2D eigenvalue weighted by Crippen LogP contribution is 2.18. The van der Waals surface area contributed by atoms with E-state index in [-0.39, 0.29) is 0 Å². The molecule has 0 aliphatic heterocycles. The molecule has 0 bridgehead atoms. The number of fused-ring (bicyclic) bond motifs is 1. The standard InChI is InChI=1S/C12H17N5/c1(5-13-10-2-3-10)6-14-12-11-4-7-16-17(11)9-8-15-12/h4,7-10,13H,1-3,5-6H2,(H,14,15). The number of rotatable bonds is 6. The van der Waals surface area contributed by atoms with Gasteiger partial charge >= 0.3 is 0 Å². The first-order valence-electron chi connectivity index (χ1n) is 6.19.